The SMILES string of the molecule is CCNC(=O)Oc1ncc[nH]1. The van der Waals surface area contributed by atoms with Crippen molar-refractivity contribution in [3.63, 3.8) is 0 Å². The molecule has 1 aromatic heterocycles. The predicted octanol–water partition coefficient (Wildman–Crippen LogP) is 0.518. The minimum absolute atomic E-state index is 0.205. The summed E-state index contributed by atoms with van der Waals surface area (Å²) in [6.45, 7) is 2.35. The Morgan fingerprint density at radius 2 is 2.73 bits per heavy atom. The second-order valence-electron chi connectivity index (χ2n) is 1.81. The average Bonchev–Trinajstić information content (AvgIpc) is 2.40. The number of aromatic amines is 1. The highest BCUT2D eigenvalue weighted by molar-refractivity contribution is 5.69. The zero-order valence-electron chi connectivity index (χ0n) is 6.13. The summed E-state index contributed by atoms with van der Waals surface area (Å²) < 4.78 is 4.68. The first-order chi connectivity index (χ1) is 5.33. The van der Waals surface area contributed by atoms with Crippen LogP contribution in [0.4, 0.5) is 4.79 Å². The number of ether oxygens (including phenoxy) is 1. The number of nitrogens with one attached hydrogen (secondary N) is 2. The summed E-state index contributed by atoms with van der Waals surface area (Å²) in [5.41, 5.74) is 0. The summed E-state index contributed by atoms with van der Waals surface area (Å²) in [6.07, 6.45) is 2.59. The van der Waals surface area contributed by atoms with Crippen LogP contribution in [0.3, 0.4) is 0 Å². The van der Waals surface area contributed by atoms with Crippen LogP contribution >= 0.6 is 0 Å². The normalized spacial score (nSPS) is 9.18. The lowest BCUT2D eigenvalue weighted by Crippen LogP contribution is -2.26. The first-order valence-electron chi connectivity index (χ1n) is 3.28. The molecular formula is C6H9N3O2. The van der Waals surface area contributed by atoms with Crippen LogP contribution < -0.4 is 10.1 Å². The molecule has 1 heterocycles. The van der Waals surface area contributed by atoms with Crippen molar-refractivity contribution in [3.05, 3.63) is 12.4 Å². The number of nitrogens with zero attached hydrogens (tertiary/aromatic N) is 1. The van der Waals surface area contributed by atoms with Crippen LogP contribution in [0.5, 0.6) is 6.01 Å². The molecule has 0 aliphatic carbocycles. The van der Waals surface area contributed by atoms with Gasteiger partial charge in [-0.05, 0) is 6.92 Å². The molecule has 0 aliphatic rings. The third-order valence-electron chi connectivity index (χ3n) is 0.984. The molecule has 5 nitrogen and oxygen atoms in total. The summed E-state index contributed by atoms with van der Waals surface area (Å²) in [5, 5.41) is 2.46. The van der Waals surface area contributed by atoms with Gasteiger partial charge in [0, 0.05) is 18.9 Å². The van der Waals surface area contributed by atoms with E-state index in [1.807, 2.05) is 6.92 Å². The minimum atomic E-state index is -0.498. The summed E-state index contributed by atoms with van der Waals surface area (Å²) in [7, 11) is 0. The molecule has 60 valence electrons. The zero-order valence-corrected chi connectivity index (χ0v) is 6.13. The van der Waals surface area contributed by atoms with E-state index < -0.39 is 6.09 Å². The molecule has 0 saturated carbocycles. The number of hydrogen-bond donors (Lipinski definition) is 2. The number of imidazole rings is 1. The van der Waals surface area contributed by atoms with Crippen LogP contribution in [0, 0.1) is 0 Å². The number of rotatable bonds is 2. The van der Waals surface area contributed by atoms with Gasteiger partial charge in [0.25, 0.3) is 0 Å². The first-order valence-corrected chi connectivity index (χ1v) is 3.28. The van der Waals surface area contributed by atoms with E-state index in [0.717, 1.165) is 0 Å². The van der Waals surface area contributed by atoms with Crippen molar-refractivity contribution >= 4 is 6.09 Å². The van der Waals surface area contributed by atoms with Crippen LogP contribution in [-0.2, 0) is 0 Å². The molecule has 2 N–H and O–H groups in total. The fourth-order valence-electron chi connectivity index (χ4n) is 0.575. The Bertz CT molecular complexity index is 220. The van der Waals surface area contributed by atoms with Gasteiger partial charge < -0.3 is 15.0 Å². The van der Waals surface area contributed by atoms with Gasteiger partial charge in [-0.25, -0.2) is 9.78 Å². The topological polar surface area (TPSA) is 67.0 Å². The average molecular weight is 155 g/mol. The van der Waals surface area contributed by atoms with Gasteiger partial charge in [0.05, 0.1) is 0 Å². The quantitative estimate of drug-likeness (QED) is 0.654. The number of carbonyl (C=O) groups is 1. The lowest BCUT2D eigenvalue weighted by atomic mass is 10.8. The molecule has 0 fully saturated rings. The van der Waals surface area contributed by atoms with Gasteiger partial charge in [-0.2, -0.15) is 0 Å². The molecule has 5 heteroatoms. The second-order valence-corrected chi connectivity index (χ2v) is 1.81. The van der Waals surface area contributed by atoms with E-state index in [4.69, 9.17) is 0 Å². The highest BCUT2D eigenvalue weighted by Gasteiger charge is 2.02. The smallest absolute Gasteiger partial charge is 0.375 e. The molecule has 0 atom stereocenters. The van der Waals surface area contributed by atoms with Gasteiger partial charge >= 0.3 is 12.1 Å². The van der Waals surface area contributed by atoms with Crippen molar-refractivity contribution in [1.82, 2.24) is 15.3 Å². The van der Waals surface area contributed by atoms with Gasteiger partial charge in [0.15, 0.2) is 0 Å². The summed E-state index contributed by atoms with van der Waals surface area (Å²) >= 11 is 0. The fraction of sp³-hybridized carbons (Fsp3) is 0.333. The number of hydrogen-bond acceptors (Lipinski definition) is 3. The van der Waals surface area contributed by atoms with Gasteiger partial charge in [-0.3, -0.25) is 0 Å². The molecule has 0 aromatic carbocycles. The third-order valence-corrected chi connectivity index (χ3v) is 0.984. The maximum Gasteiger partial charge on any atom is 0.415 e. The third kappa shape index (κ3) is 2.29. The summed E-state index contributed by atoms with van der Waals surface area (Å²) in [4.78, 5) is 17.0. The van der Waals surface area contributed by atoms with Crippen molar-refractivity contribution in [2.24, 2.45) is 0 Å². The van der Waals surface area contributed by atoms with E-state index in [9.17, 15) is 4.79 Å². The van der Waals surface area contributed by atoms with E-state index in [-0.39, 0.29) is 6.01 Å². The molecular weight excluding hydrogens is 146 g/mol. The molecule has 0 bridgehead atoms. The van der Waals surface area contributed by atoms with Crippen LogP contribution in [0.15, 0.2) is 12.4 Å². The highest BCUT2D eigenvalue weighted by Crippen LogP contribution is 1.97. The van der Waals surface area contributed by atoms with Crippen molar-refractivity contribution < 1.29 is 9.53 Å². The number of carbonyl (C=O) groups excluding carboxylic acids is 1. The van der Waals surface area contributed by atoms with Crippen LogP contribution in [0.1, 0.15) is 6.92 Å². The van der Waals surface area contributed by atoms with E-state index >= 15 is 0 Å². The predicted molar refractivity (Wildman–Crippen MR) is 38.3 cm³/mol. The molecule has 0 saturated heterocycles. The molecule has 0 spiro atoms. The highest BCUT2D eigenvalue weighted by atomic mass is 16.6. The zero-order chi connectivity index (χ0) is 8.10. The Hall–Kier alpha value is -1.52. The number of H-pyrrole nitrogens is 1. The van der Waals surface area contributed by atoms with Gasteiger partial charge in [0.1, 0.15) is 0 Å². The van der Waals surface area contributed by atoms with Crippen molar-refractivity contribution in [1.29, 1.82) is 0 Å². The van der Waals surface area contributed by atoms with E-state index in [0.29, 0.717) is 6.54 Å². The lowest BCUT2D eigenvalue weighted by Gasteiger charge is -1.99. The Morgan fingerprint density at radius 3 is 3.27 bits per heavy atom. The Labute approximate surface area is 63.8 Å². The van der Waals surface area contributed by atoms with E-state index in [1.165, 1.54) is 6.20 Å². The molecule has 1 aromatic rings. The molecule has 0 unspecified atom stereocenters. The van der Waals surface area contributed by atoms with E-state index in [1.54, 1.807) is 6.20 Å². The maximum absolute atomic E-state index is 10.7. The largest absolute Gasteiger partial charge is 0.415 e. The summed E-state index contributed by atoms with van der Waals surface area (Å²) in [5.74, 6) is 0. The molecule has 11 heavy (non-hydrogen) atoms. The van der Waals surface area contributed by atoms with Crippen LogP contribution in [0.25, 0.3) is 0 Å². The molecule has 1 amide bonds. The van der Waals surface area contributed by atoms with Gasteiger partial charge in [-0.15, -0.1) is 0 Å². The Kier molecular flexibility index (Phi) is 2.48. The molecule has 1 rings (SSSR count). The Balaban J connectivity index is 2.37. The van der Waals surface area contributed by atoms with E-state index in [2.05, 4.69) is 20.0 Å². The van der Waals surface area contributed by atoms with Crippen LogP contribution in [-0.4, -0.2) is 22.6 Å². The number of aromatic nitrogens is 2. The maximum atomic E-state index is 10.7. The van der Waals surface area contributed by atoms with Gasteiger partial charge in [0.2, 0.25) is 0 Å². The lowest BCUT2D eigenvalue weighted by molar-refractivity contribution is 0.197. The molecule has 0 radical (unpaired) electrons. The first kappa shape index (κ1) is 7.59. The summed E-state index contributed by atoms with van der Waals surface area (Å²) in [6, 6.07) is 0.205. The van der Waals surface area contributed by atoms with Crippen molar-refractivity contribution in [3.8, 4) is 6.01 Å². The standard InChI is InChI=1S/C6H9N3O2/c1-2-7-6(10)11-5-8-3-4-9-5/h3-4H,2H2,1H3,(H,7,10)(H,8,9). The van der Waals surface area contributed by atoms with Crippen molar-refractivity contribution in [2.75, 3.05) is 6.54 Å². The monoisotopic (exact) mass is 155 g/mol. The Morgan fingerprint density at radius 1 is 1.91 bits per heavy atom. The van der Waals surface area contributed by atoms with Crippen molar-refractivity contribution in [2.45, 2.75) is 6.92 Å². The minimum Gasteiger partial charge on any atom is -0.375 e. The molecule has 0 aliphatic heterocycles. The van der Waals surface area contributed by atoms with Crippen LogP contribution in [0.2, 0.25) is 0 Å². The fourth-order valence-corrected chi connectivity index (χ4v) is 0.575. The second kappa shape index (κ2) is 3.60. The van der Waals surface area contributed by atoms with Gasteiger partial charge in [-0.1, -0.05) is 0 Å². The number of amides is 1.